The number of carboxylic acid groups (broad SMARTS) is 8. The second-order valence-electron chi connectivity index (χ2n) is 18.2. The molecule has 0 spiro atoms. The molecule has 2 aromatic carbocycles. The van der Waals surface area contributed by atoms with Crippen LogP contribution in [0.1, 0.15) is 43.3 Å². The number of aromatic nitrogens is 1. The Labute approximate surface area is 487 Å². The van der Waals surface area contributed by atoms with Gasteiger partial charge in [0.05, 0.1) is 58.0 Å². The molecule has 0 radical (unpaired) electrons. The van der Waals surface area contributed by atoms with Gasteiger partial charge in [-0.2, -0.15) is 0 Å². The summed E-state index contributed by atoms with van der Waals surface area (Å²) >= 11 is 0. The monoisotopic (exact) mass is 1170 g/mol. The van der Waals surface area contributed by atoms with Gasteiger partial charge in [0.15, 0.2) is 0 Å². The Balaban J connectivity index is 0.0000118. The van der Waals surface area contributed by atoms with E-state index in [9.17, 15) is 88.2 Å². The molecule has 1 aliphatic rings. The number of rotatable bonds is 35. The van der Waals surface area contributed by atoms with Crippen LogP contribution in [0.15, 0.2) is 48.5 Å². The van der Waals surface area contributed by atoms with Gasteiger partial charge < -0.3 is 57.9 Å². The number of anilines is 1. The summed E-state index contributed by atoms with van der Waals surface area (Å²) in [6.07, 6.45) is 1.15. The number of benzene rings is 2. The van der Waals surface area contributed by atoms with E-state index in [1.54, 1.807) is 48.5 Å². The second kappa shape index (κ2) is 31.7. The summed E-state index contributed by atoms with van der Waals surface area (Å²) in [4.78, 5) is 153. The van der Waals surface area contributed by atoms with Crippen molar-refractivity contribution in [2.24, 2.45) is 0 Å². The van der Waals surface area contributed by atoms with E-state index in [0.29, 0.717) is 22.2 Å². The third-order valence-corrected chi connectivity index (χ3v) is 12.2. The summed E-state index contributed by atoms with van der Waals surface area (Å²) in [5.74, 6) is -16.8. The van der Waals surface area contributed by atoms with E-state index in [-0.39, 0.29) is 73.9 Å². The number of hydrogen-bond donors (Lipinski definition) is 20. The minimum absolute atomic E-state index is 0. The molecule has 4 rings (SSSR count). The van der Waals surface area contributed by atoms with E-state index >= 15 is 0 Å². The van der Waals surface area contributed by atoms with Gasteiger partial charge in [0, 0.05) is 40.8 Å². The number of H-pyrrole nitrogens is 1. The molecule has 34 nitrogen and oxygen atoms in total. The molecule has 35 heteroatoms. The first-order valence-electron chi connectivity index (χ1n) is 24.2. The minimum atomic E-state index is -1.87. The van der Waals surface area contributed by atoms with Gasteiger partial charge in [-0.05, 0) is 50.6 Å². The Kier molecular flexibility index (Phi) is 26.4. The SMILES string of the molecule is CC(NCC(=O)O)(NCC(=O)O)C(NCCC(NCC(=O)NNC(=O)c1[nH]c2ccccc2c1C=C1c2ccccc2NC1C(=O)NNC(=O)CN(CCN(CC(=O)O)C(C)(NCC(=O)O)NCC(=O)O)CC(=O)O)C(=O)O)C(=O)O.[H-].[Na+]. The predicted octanol–water partition coefficient (Wildman–Crippen LogP) is -8.14. The zero-order chi connectivity index (χ0) is 60.2. The number of hydrogen-bond acceptors (Lipinski definition) is 21. The van der Waals surface area contributed by atoms with Crippen molar-refractivity contribution in [3.63, 3.8) is 0 Å². The van der Waals surface area contributed by atoms with Crippen molar-refractivity contribution >= 4 is 99.6 Å². The zero-order valence-corrected chi connectivity index (χ0v) is 46.3. The number of hydrazine groups is 2. The third kappa shape index (κ3) is 20.7. The van der Waals surface area contributed by atoms with Crippen molar-refractivity contribution < 1.29 is 129 Å². The fourth-order valence-corrected chi connectivity index (χ4v) is 8.24. The summed E-state index contributed by atoms with van der Waals surface area (Å²) in [6.45, 7) is -4.66. The number of carboxylic acids is 8. The molecule has 0 bridgehead atoms. The molecular formula is C47H63N14NaO20. The topological polar surface area (TPSA) is 521 Å². The maximum atomic E-state index is 14.0. The Morgan fingerprint density at radius 1 is 0.622 bits per heavy atom. The normalized spacial score (nSPS) is 14.1. The van der Waals surface area contributed by atoms with Crippen LogP contribution < -0.4 is 88.5 Å². The average Bonchev–Trinajstić information content (AvgIpc) is 3.97. The molecule has 1 aromatic heterocycles. The standard InChI is InChI=1S/C47H62N14O20.Na.H/c1-46(50-17-33(64)65,51-18-34(66)67)41(45(80)81)48-12-11-30(44(78)79)49-16-31(62)56-58-42(76)39-26(24-7-3-5-9-28(24)54-39)15-27-25-8-4-6-10-29(25)55-40(27)43(77)59-57-32(63)21-60(22-37(72)73)13-14-61(23-38(74)75)47(2,52-19-35(68)69)53-20-36(70)71;;/h3-10,15,30,40-41,48-55H,11-14,16-23H2,1-2H3,(H,56,62)(H,57,63)(H,58,76)(H,59,77)(H,64,65)(H,66,67)(H,68,69)(H,70,71)(H,72,73)(H,74,75)(H,78,79)(H,80,81);;/q;+1;-1. The Morgan fingerprint density at radius 3 is 1.76 bits per heavy atom. The summed E-state index contributed by atoms with van der Waals surface area (Å²) in [5, 5.41) is 94.3. The molecule has 3 atom stereocenters. The Hall–Kier alpha value is -8.16. The molecule has 0 saturated heterocycles. The van der Waals surface area contributed by atoms with Gasteiger partial charge in [-0.15, -0.1) is 0 Å². The van der Waals surface area contributed by atoms with Crippen LogP contribution in [-0.4, -0.2) is 229 Å². The fraction of sp³-hybridized carbons (Fsp3) is 0.404. The number of amides is 4. The maximum Gasteiger partial charge on any atom is 1.00 e. The van der Waals surface area contributed by atoms with Crippen LogP contribution in [0.3, 0.4) is 0 Å². The fourth-order valence-electron chi connectivity index (χ4n) is 8.24. The van der Waals surface area contributed by atoms with E-state index in [4.69, 9.17) is 10.2 Å². The molecule has 3 aromatic rings. The predicted molar refractivity (Wildman–Crippen MR) is 279 cm³/mol. The molecule has 0 aliphatic carbocycles. The molecule has 0 fully saturated rings. The zero-order valence-electron chi connectivity index (χ0n) is 45.3. The van der Waals surface area contributed by atoms with Crippen LogP contribution in [0, 0.1) is 0 Å². The van der Waals surface area contributed by atoms with Crippen LogP contribution >= 0.6 is 0 Å². The number of para-hydroxylation sites is 2. The van der Waals surface area contributed by atoms with Crippen LogP contribution in [0.4, 0.5) is 5.69 Å². The van der Waals surface area contributed by atoms with Gasteiger partial charge >= 0.3 is 77.3 Å². The van der Waals surface area contributed by atoms with Gasteiger partial charge in [-0.25, -0.2) is 0 Å². The van der Waals surface area contributed by atoms with Crippen molar-refractivity contribution in [1.82, 2.24) is 68.4 Å². The van der Waals surface area contributed by atoms with Crippen LogP contribution in [0.2, 0.25) is 0 Å². The number of nitrogens with one attached hydrogen (secondary N) is 12. The van der Waals surface area contributed by atoms with Crippen molar-refractivity contribution in [1.29, 1.82) is 0 Å². The van der Waals surface area contributed by atoms with Gasteiger partial charge in [0.25, 0.3) is 23.6 Å². The number of carbonyl (C=O) groups excluding carboxylic acids is 4. The van der Waals surface area contributed by atoms with Gasteiger partial charge in [-0.1, -0.05) is 36.4 Å². The van der Waals surface area contributed by atoms with Crippen LogP contribution in [0.25, 0.3) is 22.6 Å². The molecule has 2 heterocycles. The van der Waals surface area contributed by atoms with Crippen LogP contribution in [-0.2, 0) is 52.7 Å². The molecule has 3 unspecified atom stereocenters. The summed E-state index contributed by atoms with van der Waals surface area (Å²) in [7, 11) is 0. The van der Waals surface area contributed by atoms with Crippen molar-refractivity contribution in [3.05, 3.63) is 65.4 Å². The van der Waals surface area contributed by atoms with E-state index in [1.165, 1.54) is 19.9 Å². The average molecular weight is 1170 g/mol. The van der Waals surface area contributed by atoms with Crippen molar-refractivity contribution in [3.8, 4) is 0 Å². The number of aromatic amines is 1. The van der Waals surface area contributed by atoms with E-state index in [0.717, 1.165) is 9.80 Å². The summed E-state index contributed by atoms with van der Waals surface area (Å²) < 4.78 is 0. The molecule has 442 valence electrons. The minimum Gasteiger partial charge on any atom is -1.00 e. The van der Waals surface area contributed by atoms with Gasteiger partial charge in [0.2, 0.25) is 0 Å². The van der Waals surface area contributed by atoms with Gasteiger partial charge in [-0.3, -0.25) is 116 Å². The van der Waals surface area contributed by atoms with Crippen molar-refractivity contribution in [2.75, 3.05) is 77.3 Å². The van der Waals surface area contributed by atoms with Crippen LogP contribution in [0.5, 0.6) is 0 Å². The quantitative estimate of drug-likeness (QED) is 0.0148. The number of carbonyl (C=O) groups is 12. The number of fused-ring (bicyclic) bond motifs is 2. The number of aliphatic carboxylic acids is 8. The smallest absolute Gasteiger partial charge is 1.00 e. The first-order chi connectivity index (χ1) is 38.1. The Morgan fingerprint density at radius 2 is 1.18 bits per heavy atom. The van der Waals surface area contributed by atoms with E-state index in [1.807, 2.05) is 0 Å². The molecule has 20 N–H and O–H groups in total. The first-order valence-corrected chi connectivity index (χ1v) is 24.2. The Bertz CT molecular complexity index is 2880. The molecule has 1 aliphatic heterocycles. The molecule has 0 saturated carbocycles. The summed E-state index contributed by atoms with van der Waals surface area (Å²) in [6, 6.07) is 8.81. The second-order valence-corrected chi connectivity index (χ2v) is 18.2. The van der Waals surface area contributed by atoms with E-state index in [2.05, 4.69) is 63.9 Å². The molecule has 82 heavy (non-hydrogen) atoms. The van der Waals surface area contributed by atoms with Crippen molar-refractivity contribution in [2.45, 2.75) is 49.8 Å². The first kappa shape index (κ1) is 68.1. The maximum absolute atomic E-state index is 14.0. The number of nitrogens with zero attached hydrogens (tertiary/aromatic N) is 2. The molecule has 4 amide bonds. The molecular weight excluding hydrogens is 1100 g/mol. The summed E-state index contributed by atoms with van der Waals surface area (Å²) in [5.41, 5.74) is 8.79. The van der Waals surface area contributed by atoms with Gasteiger partial charge in [0.1, 0.15) is 29.6 Å². The largest absolute Gasteiger partial charge is 1.00 e. The van der Waals surface area contributed by atoms with E-state index < -0.39 is 153 Å². The third-order valence-electron chi connectivity index (χ3n) is 12.2.